The minimum absolute atomic E-state index is 0.0190. The molecule has 0 aliphatic carbocycles. The number of carbonyl (C=O) groups excluding carboxylic acids is 3. The van der Waals surface area contributed by atoms with Crippen molar-refractivity contribution in [3.63, 3.8) is 0 Å². The molecule has 0 saturated carbocycles. The minimum atomic E-state index is -1.46. The van der Waals surface area contributed by atoms with Crippen molar-refractivity contribution >= 4 is 17.7 Å². The number of ether oxygens (including phenoxy) is 5. The van der Waals surface area contributed by atoms with E-state index in [-0.39, 0.29) is 37.9 Å². The molecule has 2 heterocycles. The van der Waals surface area contributed by atoms with Gasteiger partial charge in [-0.15, -0.1) is 6.58 Å². The van der Waals surface area contributed by atoms with Crippen LogP contribution >= 0.6 is 0 Å². The van der Waals surface area contributed by atoms with Gasteiger partial charge in [-0.2, -0.15) is 0 Å². The maximum Gasteiger partial charge on any atom is 0.303 e. The second kappa shape index (κ2) is 13.8. The van der Waals surface area contributed by atoms with Gasteiger partial charge in [0.25, 0.3) is 0 Å². The van der Waals surface area contributed by atoms with Crippen molar-refractivity contribution in [3.05, 3.63) is 48.6 Å². The summed E-state index contributed by atoms with van der Waals surface area (Å²) in [7, 11) is 0. The largest absolute Gasteiger partial charge is 0.462 e. The SMILES string of the molecule is C=CC[C@@H]1CCC(=O)[C@@H]([C@@H](O)[C@@H]2O[C@H](C[C@H](COC(C)=O)OC(C)=O)[C@H](OCc3ccccc3)[C@@H]2O)O1. The van der Waals surface area contributed by atoms with Crippen LogP contribution in [0, 0.1) is 0 Å². The van der Waals surface area contributed by atoms with Crippen LogP contribution in [0.4, 0.5) is 0 Å². The van der Waals surface area contributed by atoms with Crippen molar-refractivity contribution < 1.29 is 48.3 Å². The van der Waals surface area contributed by atoms with Crippen LogP contribution in [0.2, 0.25) is 0 Å². The summed E-state index contributed by atoms with van der Waals surface area (Å²) in [5.74, 6) is -1.40. The number of hydrogen-bond donors (Lipinski definition) is 2. The van der Waals surface area contributed by atoms with Crippen LogP contribution in [0.15, 0.2) is 43.0 Å². The van der Waals surface area contributed by atoms with Crippen molar-refractivity contribution in [1.29, 1.82) is 0 Å². The van der Waals surface area contributed by atoms with Gasteiger partial charge in [-0.3, -0.25) is 14.4 Å². The summed E-state index contributed by atoms with van der Waals surface area (Å²) in [4.78, 5) is 35.6. The van der Waals surface area contributed by atoms with Gasteiger partial charge in [-0.05, 0) is 18.4 Å². The summed E-state index contributed by atoms with van der Waals surface area (Å²) >= 11 is 0. The lowest BCUT2D eigenvalue weighted by Gasteiger charge is -2.34. The highest BCUT2D eigenvalue weighted by atomic mass is 16.6. The quantitative estimate of drug-likeness (QED) is 0.309. The molecule has 2 aliphatic heterocycles. The van der Waals surface area contributed by atoms with Gasteiger partial charge in [0.2, 0.25) is 0 Å². The highest BCUT2D eigenvalue weighted by molar-refractivity contribution is 5.84. The smallest absolute Gasteiger partial charge is 0.303 e. The van der Waals surface area contributed by atoms with Crippen molar-refractivity contribution in [1.82, 2.24) is 0 Å². The first kappa shape index (κ1) is 28.9. The Kier molecular flexibility index (Phi) is 10.8. The number of ketones is 1. The lowest BCUT2D eigenvalue weighted by Crippen LogP contribution is -2.52. The summed E-state index contributed by atoms with van der Waals surface area (Å²) in [5, 5.41) is 22.3. The number of benzene rings is 1. The topological polar surface area (TPSA) is 138 Å². The Bertz CT molecular complexity index is 919. The summed E-state index contributed by atoms with van der Waals surface area (Å²) in [6, 6.07) is 9.30. The van der Waals surface area contributed by atoms with E-state index >= 15 is 0 Å². The van der Waals surface area contributed by atoms with Crippen LogP contribution in [-0.2, 0) is 44.7 Å². The zero-order chi connectivity index (χ0) is 26.9. The third-order valence-corrected chi connectivity index (χ3v) is 6.40. The molecule has 10 heteroatoms. The molecule has 2 saturated heterocycles. The normalized spacial score (nSPS) is 29.4. The lowest BCUT2D eigenvalue weighted by molar-refractivity contribution is -0.174. The number of aliphatic hydroxyl groups is 2. The van der Waals surface area contributed by atoms with Crippen LogP contribution in [0.5, 0.6) is 0 Å². The highest BCUT2D eigenvalue weighted by Crippen LogP contribution is 2.33. The molecule has 2 fully saturated rings. The summed E-state index contributed by atoms with van der Waals surface area (Å²) in [5.41, 5.74) is 0.854. The first-order valence-electron chi connectivity index (χ1n) is 12.5. The van der Waals surface area contributed by atoms with Crippen LogP contribution in [0.3, 0.4) is 0 Å². The second-order valence-corrected chi connectivity index (χ2v) is 9.36. The van der Waals surface area contributed by atoms with Crippen molar-refractivity contribution in [2.45, 2.75) is 95.0 Å². The Hall–Kier alpha value is -2.63. The molecule has 0 amide bonds. The van der Waals surface area contributed by atoms with Gasteiger partial charge >= 0.3 is 11.9 Å². The summed E-state index contributed by atoms with van der Waals surface area (Å²) in [6.07, 6.45) is -5.08. The molecular formula is C27H36O10. The van der Waals surface area contributed by atoms with Gasteiger partial charge in [0, 0.05) is 26.7 Å². The summed E-state index contributed by atoms with van der Waals surface area (Å²) < 4.78 is 28.2. The van der Waals surface area contributed by atoms with Crippen LogP contribution in [-0.4, -0.2) is 83.4 Å². The molecule has 0 aromatic heterocycles. The average Bonchev–Trinajstić information content (AvgIpc) is 3.17. The molecule has 2 aliphatic rings. The van der Waals surface area contributed by atoms with Gasteiger partial charge in [0.1, 0.15) is 43.2 Å². The first-order chi connectivity index (χ1) is 17.7. The third-order valence-electron chi connectivity index (χ3n) is 6.40. The number of Topliss-reactive ketones (excluding diaryl/α,β-unsaturated/α-hetero) is 1. The Morgan fingerprint density at radius 1 is 1.19 bits per heavy atom. The van der Waals surface area contributed by atoms with E-state index in [1.165, 1.54) is 13.8 Å². The van der Waals surface area contributed by atoms with Crippen molar-refractivity contribution in [2.75, 3.05) is 6.61 Å². The molecule has 204 valence electrons. The molecule has 8 atom stereocenters. The van der Waals surface area contributed by atoms with Crippen molar-refractivity contribution in [2.24, 2.45) is 0 Å². The van der Waals surface area contributed by atoms with Gasteiger partial charge in [-0.1, -0.05) is 36.4 Å². The lowest BCUT2D eigenvalue weighted by atomic mass is 9.92. The predicted octanol–water partition coefficient (Wildman–Crippen LogP) is 1.64. The standard InChI is InChI=1S/C27H36O10/c1-4-8-19-11-12-21(30)25(36-19)23(31)27-24(32)26(34-14-18-9-6-5-7-10-18)22(37-27)13-20(35-17(3)29)15-33-16(2)28/h4-7,9-10,19-20,22-27,31-32H,1,8,11-15H2,2-3H3/t19-,20-,22-,23-,24+,25+,26+,27+/m1/s1. The van der Waals surface area contributed by atoms with E-state index in [9.17, 15) is 24.6 Å². The van der Waals surface area contributed by atoms with E-state index in [4.69, 9.17) is 23.7 Å². The fourth-order valence-electron chi connectivity index (χ4n) is 4.67. The van der Waals surface area contributed by atoms with E-state index in [2.05, 4.69) is 6.58 Å². The average molecular weight is 521 g/mol. The maximum atomic E-state index is 12.6. The third kappa shape index (κ3) is 8.18. The highest BCUT2D eigenvalue weighted by Gasteiger charge is 2.52. The second-order valence-electron chi connectivity index (χ2n) is 9.36. The Balaban J connectivity index is 1.78. The Morgan fingerprint density at radius 2 is 1.92 bits per heavy atom. The zero-order valence-corrected chi connectivity index (χ0v) is 21.2. The number of hydrogen-bond acceptors (Lipinski definition) is 10. The van der Waals surface area contributed by atoms with Gasteiger partial charge in [0.15, 0.2) is 5.78 Å². The molecule has 0 unspecified atom stereocenters. The minimum Gasteiger partial charge on any atom is -0.462 e. The van der Waals surface area contributed by atoms with E-state index in [1.807, 2.05) is 30.3 Å². The zero-order valence-electron chi connectivity index (χ0n) is 21.2. The van der Waals surface area contributed by atoms with Gasteiger partial charge in [-0.25, -0.2) is 0 Å². The summed E-state index contributed by atoms with van der Waals surface area (Å²) in [6.45, 7) is 6.10. The van der Waals surface area contributed by atoms with Crippen LogP contribution < -0.4 is 0 Å². The number of aliphatic hydroxyl groups excluding tert-OH is 2. The molecule has 2 N–H and O–H groups in total. The molecule has 37 heavy (non-hydrogen) atoms. The molecule has 10 nitrogen and oxygen atoms in total. The molecule has 0 spiro atoms. The molecule has 0 bridgehead atoms. The molecule has 3 rings (SSSR count). The van der Waals surface area contributed by atoms with Crippen LogP contribution in [0.25, 0.3) is 0 Å². The predicted molar refractivity (Wildman–Crippen MR) is 130 cm³/mol. The van der Waals surface area contributed by atoms with Gasteiger partial charge < -0.3 is 33.9 Å². The fourth-order valence-corrected chi connectivity index (χ4v) is 4.67. The maximum absolute atomic E-state index is 12.6. The number of esters is 2. The Labute approximate surface area is 216 Å². The van der Waals surface area contributed by atoms with E-state index in [0.29, 0.717) is 12.8 Å². The fraction of sp³-hybridized carbons (Fsp3) is 0.593. The molecule has 1 aromatic carbocycles. The van der Waals surface area contributed by atoms with Crippen molar-refractivity contribution in [3.8, 4) is 0 Å². The monoisotopic (exact) mass is 520 g/mol. The number of rotatable bonds is 12. The van der Waals surface area contributed by atoms with Gasteiger partial charge in [0.05, 0.1) is 18.8 Å². The molecule has 0 radical (unpaired) electrons. The molecule has 1 aromatic rings. The van der Waals surface area contributed by atoms with E-state index in [0.717, 1.165) is 5.56 Å². The van der Waals surface area contributed by atoms with E-state index < -0.39 is 54.7 Å². The van der Waals surface area contributed by atoms with E-state index in [1.54, 1.807) is 6.08 Å². The molecular weight excluding hydrogens is 484 g/mol. The Morgan fingerprint density at radius 3 is 2.57 bits per heavy atom. The number of carbonyl (C=O) groups is 3. The van der Waals surface area contributed by atoms with Crippen LogP contribution in [0.1, 0.15) is 45.1 Å². The first-order valence-corrected chi connectivity index (χ1v) is 12.5.